The van der Waals surface area contributed by atoms with Gasteiger partial charge in [-0.05, 0) is 56.0 Å². The molecule has 2 aromatic heterocycles. The second kappa shape index (κ2) is 7.35. The lowest BCUT2D eigenvalue weighted by molar-refractivity contribution is 0.0927. The third-order valence-electron chi connectivity index (χ3n) is 5.19. The standard InChI is InChI=1S/C23H23N3O2/c1-15-9-10-20-17(3)22(28-21(20)16(15)2)23(27)24-12-11-18-13-25-26(14-18)19-7-5-4-6-8-19/h4-10,13-14H,11-12H2,1-3H3,(H,24,27). The van der Waals surface area contributed by atoms with Gasteiger partial charge in [0.15, 0.2) is 5.76 Å². The Balaban J connectivity index is 1.43. The zero-order valence-corrected chi connectivity index (χ0v) is 16.3. The number of carbonyl (C=O) groups is 1. The van der Waals surface area contributed by atoms with Gasteiger partial charge in [0.25, 0.3) is 5.91 Å². The number of benzene rings is 2. The third kappa shape index (κ3) is 3.31. The molecule has 5 nitrogen and oxygen atoms in total. The molecule has 0 fully saturated rings. The highest BCUT2D eigenvalue weighted by Gasteiger charge is 2.19. The van der Waals surface area contributed by atoms with E-state index in [0.717, 1.165) is 38.9 Å². The summed E-state index contributed by atoms with van der Waals surface area (Å²) in [6.45, 7) is 6.52. The van der Waals surface area contributed by atoms with E-state index in [1.54, 1.807) is 0 Å². The molecule has 28 heavy (non-hydrogen) atoms. The molecule has 0 radical (unpaired) electrons. The van der Waals surface area contributed by atoms with Gasteiger partial charge in [0, 0.05) is 23.7 Å². The van der Waals surface area contributed by atoms with Crippen molar-refractivity contribution < 1.29 is 9.21 Å². The molecule has 2 heterocycles. The van der Waals surface area contributed by atoms with Crippen LogP contribution in [0.5, 0.6) is 0 Å². The summed E-state index contributed by atoms with van der Waals surface area (Å²) in [5.74, 6) is 0.213. The van der Waals surface area contributed by atoms with Crippen molar-refractivity contribution in [3.05, 3.63) is 82.9 Å². The highest BCUT2D eigenvalue weighted by molar-refractivity contribution is 5.99. The number of fused-ring (bicyclic) bond motifs is 1. The molecular formula is C23H23N3O2. The number of furan rings is 1. The summed E-state index contributed by atoms with van der Waals surface area (Å²) in [5.41, 5.74) is 5.99. The van der Waals surface area contributed by atoms with E-state index in [2.05, 4.69) is 16.5 Å². The van der Waals surface area contributed by atoms with Gasteiger partial charge in [0.05, 0.1) is 11.9 Å². The molecule has 0 bridgehead atoms. The Hall–Kier alpha value is -3.34. The fourth-order valence-electron chi connectivity index (χ4n) is 3.35. The summed E-state index contributed by atoms with van der Waals surface area (Å²) in [6.07, 6.45) is 4.52. The van der Waals surface area contributed by atoms with E-state index in [9.17, 15) is 4.79 Å². The maximum atomic E-state index is 12.6. The number of nitrogens with one attached hydrogen (secondary N) is 1. The van der Waals surface area contributed by atoms with Crippen LogP contribution in [0.15, 0.2) is 59.3 Å². The quantitative estimate of drug-likeness (QED) is 0.560. The molecule has 0 aliphatic carbocycles. The van der Waals surface area contributed by atoms with Gasteiger partial charge in [-0.2, -0.15) is 5.10 Å². The Morgan fingerprint density at radius 1 is 1.07 bits per heavy atom. The predicted octanol–water partition coefficient (Wildman–Crippen LogP) is 4.52. The normalized spacial score (nSPS) is 11.1. The number of amides is 1. The molecule has 0 aliphatic rings. The van der Waals surface area contributed by atoms with Crippen molar-refractivity contribution in [1.82, 2.24) is 15.1 Å². The van der Waals surface area contributed by atoms with Gasteiger partial charge in [0.1, 0.15) is 5.58 Å². The first-order valence-corrected chi connectivity index (χ1v) is 9.41. The van der Waals surface area contributed by atoms with Gasteiger partial charge in [-0.15, -0.1) is 0 Å². The van der Waals surface area contributed by atoms with Gasteiger partial charge in [0.2, 0.25) is 0 Å². The number of rotatable bonds is 5. The van der Waals surface area contributed by atoms with Gasteiger partial charge in [-0.1, -0.05) is 30.3 Å². The van der Waals surface area contributed by atoms with Crippen molar-refractivity contribution in [2.45, 2.75) is 27.2 Å². The van der Waals surface area contributed by atoms with Crippen LogP contribution in [0.2, 0.25) is 0 Å². The predicted molar refractivity (Wildman–Crippen MR) is 110 cm³/mol. The van der Waals surface area contributed by atoms with Crippen LogP contribution in [0.4, 0.5) is 0 Å². The molecule has 4 aromatic rings. The minimum Gasteiger partial charge on any atom is -0.450 e. The minimum atomic E-state index is -0.179. The van der Waals surface area contributed by atoms with Gasteiger partial charge in [-0.3, -0.25) is 4.79 Å². The number of hydrogen-bond acceptors (Lipinski definition) is 3. The van der Waals surface area contributed by atoms with E-state index >= 15 is 0 Å². The summed E-state index contributed by atoms with van der Waals surface area (Å²) in [7, 11) is 0. The van der Waals surface area contributed by atoms with Crippen molar-refractivity contribution in [2.24, 2.45) is 0 Å². The summed E-state index contributed by atoms with van der Waals surface area (Å²) >= 11 is 0. The highest BCUT2D eigenvalue weighted by atomic mass is 16.3. The molecule has 1 N–H and O–H groups in total. The second-order valence-corrected chi connectivity index (χ2v) is 7.07. The lowest BCUT2D eigenvalue weighted by Gasteiger charge is -2.03. The smallest absolute Gasteiger partial charge is 0.287 e. The number of para-hydroxylation sites is 1. The first-order chi connectivity index (χ1) is 13.5. The Labute approximate surface area is 164 Å². The van der Waals surface area contributed by atoms with Crippen LogP contribution in [-0.2, 0) is 6.42 Å². The van der Waals surface area contributed by atoms with Gasteiger partial charge >= 0.3 is 0 Å². The van der Waals surface area contributed by atoms with Crippen molar-refractivity contribution in [1.29, 1.82) is 0 Å². The number of carbonyl (C=O) groups excluding carboxylic acids is 1. The number of aryl methyl sites for hydroxylation is 3. The molecule has 142 valence electrons. The molecule has 4 rings (SSSR count). The molecule has 0 spiro atoms. The summed E-state index contributed by atoms with van der Waals surface area (Å²) in [5, 5.41) is 8.35. The van der Waals surface area contributed by atoms with Crippen LogP contribution in [0, 0.1) is 20.8 Å². The first-order valence-electron chi connectivity index (χ1n) is 9.41. The molecule has 5 heteroatoms. The summed E-state index contributed by atoms with van der Waals surface area (Å²) < 4.78 is 7.75. The van der Waals surface area contributed by atoms with Crippen molar-refractivity contribution in [2.75, 3.05) is 6.54 Å². The lowest BCUT2D eigenvalue weighted by atomic mass is 10.0. The van der Waals surface area contributed by atoms with E-state index < -0.39 is 0 Å². The first kappa shape index (κ1) is 18.0. The SMILES string of the molecule is Cc1ccc2c(C)c(C(=O)NCCc3cnn(-c4ccccc4)c3)oc2c1C. The average Bonchev–Trinajstić information content (AvgIpc) is 3.31. The van der Waals surface area contributed by atoms with E-state index in [1.807, 2.05) is 74.2 Å². The molecule has 0 atom stereocenters. The van der Waals surface area contributed by atoms with Crippen LogP contribution in [-0.4, -0.2) is 22.2 Å². The summed E-state index contributed by atoms with van der Waals surface area (Å²) in [4.78, 5) is 12.6. The Morgan fingerprint density at radius 3 is 2.64 bits per heavy atom. The number of hydrogen-bond donors (Lipinski definition) is 1. The van der Waals surface area contributed by atoms with E-state index in [4.69, 9.17) is 4.42 Å². The van der Waals surface area contributed by atoms with Crippen LogP contribution in [0.25, 0.3) is 16.7 Å². The topological polar surface area (TPSA) is 60.1 Å². The molecule has 0 saturated carbocycles. The largest absolute Gasteiger partial charge is 0.450 e. The Kier molecular flexibility index (Phi) is 4.74. The van der Waals surface area contributed by atoms with Gasteiger partial charge < -0.3 is 9.73 Å². The fraction of sp³-hybridized carbons (Fsp3) is 0.217. The molecule has 0 saturated heterocycles. The van der Waals surface area contributed by atoms with Crippen LogP contribution >= 0.6 is 0 Å². The monoisotopic (exact) mass is 373 g/mol. The molecule has 2 aromatic carbocycles. The second-order valence-electron chi connectivity index (χ2n) is 7.07. The molecule has 0 aliphatic heterocycles. The van der Waals surface area contributed by atoms with Crippen LogP contribution < -0.4 is 5.32 Å². The summed E-state index contributed by atoms with van der Waals surface area (Å²) in [6, 6.07) is 14.0. The number of aromatic nitrogens is 2. The van der Waals surface area contributed by atoms with Crippen molar-refractivity contribution in [3.63, 3.8) is 0 Å². The molecule has 0 unspecified atom stereocenters. The Morgan fingerprint density at radius 2 is 1.86 bits per heavy atom. The zero-order chi connectivity index (χ0) is 19.7. The minimum absolute atomic E-state index is 0.179. The van der Waals surface area contributed by atoms with Crippen LogP contribution in [0.1, 0.15) is 32.8 Å². The number of nitrogens with zero attached hydrogens (tertiary/aromatic N) is 2. The van der Waals surface area contributed by atoms with E-state index in [1.165, 1.54) is 0 Å². The fourth-order valence-corrected chi connectivity index (χ4v) is 3.35. The van der Waals surface area contributed by atoms with E-state index in [-0.39, 0.29) is 5.91 Å². The maximum Gasteiger partial charge on any atom is 0.287 e. The third-order valence-corrected chi connectivity index (χ3v) is 5.19. The average molecular weight is 373 g/mol. The van der Waals surface area contributed by atoms with E-state index in [0.29, 0.717) is 18.7 Å². The Bertz CT molecular complexity index is 1140. The zero-order valence-electron chi connectivity index (χ0n) is 16.3. The lowest BCUT2D eigenvalue weighted by Crippen LogP contribution is -2.25. The molecular weight excluding hydrogens is 350 g/mol. The van der Waals surface area contributed by atoms with Crippen LogP contribution in [0.3, 0.4) is 0 Å². The molecule has 1 amide bonds. The van der Waals surface area contributed by atoms with Gasteiger partial charge in [-0.25, -0.2) is 4.68 Å². The van der Waals surface area contributed by atoms with Crippen molar-refractivity contribution in [3.8, 4) is 5.69 Å². The highest BCUT2D eigenvalue weighted by Crippen LogP contribution is 2.29. The maximum absolute atomic E-state index is 12.6. The van der Waals surface area contributed by atoms with Crippen molar-refractivity contribution >= 4 is 16.9 Å².